The summed E-state index contributed by atoms with van der Waals surface area (Å²) < 4.78 is 15.3. The second kappa shape index (κ2) is 6.86. The van der Waals surface area contributed by atoms with Gasteiger partial charge in [-0.05, 0) is 29.7 Å². The molecule has 1 aliphatic heterocycles. The molecule has 142 valence electrons. The molecule has 7 nitrogen and oxygen atoms in total. The summed E-state index contributed by atoms with van der Waals surface area (Å²) in [6.45, 7) is 3.29. The minimum Gasteiger partial charge on any atom is -0.396 e. The van der Waals surface area contributed by atoms with Gasteiger partial charge in [-0.1, -0.05) is 13.0 Å². The Balaban J connectivity index is 1.67. The fraction of sp³-hybridized carbons (Fsp3) is 0.421. The summed E-state index contributed by atoms with van der Waals surface area (Å²) in [6, 6.07) is 4.90. The van der Waals surface area contributed by atoms with Crippen molar-refractivity contribution in [2.45, 2.75) is 26.4 Å². The highest BCUT2D eigenvalue weighted by atomic mass is 19.1. The lowest BCUT2D eigenvalue weighted by Crippen LogP contribution is -2.32. The molecule has 0 radical (unpaired) electrons. The molecule has 2 aromatic heterocycles. The minimum atomic E-state index is -0.660. The third kappa shape index (κ3) is 3.26. The molecule has 0 atom stereocenters. The number of hydrogen-bond acceptors (Lipinski definition) is 6. The molecular weight excluding hydrogens is 349 g/mol. The predicted octanol–water partition coefficient (Wildman–Crippen LogP) is 1.52. The Morgan fingerprint density at radius 2 is 1.96 bits per heavy atom. The predicted molar refractivity (Wildman–Crippen MR) is 98.8 cm³/mol. The van der Waals surface area contributed by atoms with E-state index in [1.165, 1.54) is 12.4 Å². The van der Waals surface area contributed by atoms with Gasteiger partial charge in [-0.3, -0.25) is 0 Å². The number of fused-ring (bicyclic) bond motifs is 2. The molecule has 0 unspecified atom stereocenters. The van der Waals surface area contributed by atoms with Crippen molar-refractivity contribution >= 4 is 17.0 Å². The Kier molecular flexibility index (Phi) is 4.53. The van der Waals surface area contributed by atoms with Crippen LogP contribution in [0.25, 0.3) is 11.2 Å². The van der Waals surface area contributed by atoms with E-state index in [0.29, 0.717) is 24.3 Å². The number of aromatic nitrogens is 4. The van der Waals surface area contributed by atoms with Crippen LogP contribution in [0.5, 0.6) is 0 Å². The van der Waals surface area contributed by atoms with Crippen LogP contribution in [-0.4, -0.2) is 49.5 Å². The average molecular weight is 371 g/mol. The molecule has 0 aliphatic carbocycles. The smallest absolute Gasteiger partial charge is 0.165 e. The van der Waals surface area contributed by atoms with E-state index >= 15 is 0 Å². The molecule has 0 spiro atoms. The summed E-state index contributed by atoms with van der Waals surface area (Å²) in [7, 11) is 0. The molecule has 2 N–H and O–H groups in total. The number of aliphatic hydroxyl groups excluding tert-OH is 2. The number of rotatable bonds is 5. The van der Waals surface area contributed by atoms with E-state index in [-0.39, 0.29) is 19.0 Å². The van der Waals surface area contributed by atoms with Crippen molar-refractivity contribution in [2.75, 3.05) is 24.7 Å². The second-order valence-electron chi connectivity index (χ2n) is 7.45. The van der Waals surface area contributed by atoms with Crippen molar-refractivity contribution in [3.05, 3.63) is 47.8 Å². The molecule has 8 heteroatoms. The minimum absolute atomic E-state index is 0.138. The fourth-order valence-electron chi connectivity index (χ4n) is 3.48. The largest absolute Gasteiger partial charge is 0.396 e. The average Bonchev–Trinajstić information content (AvgIpc) is 3.10. The molecule has 0 bridgehead atoms. The van der Waals surface area contributed by atoms with Gasteiger partial charge in [-0.2, -0.15) is 0 Å². The Hall–Kier alpha value is -2.58. The van der Waals surface area contributed by atoms with Gasteiger partial charge < -0.3 is 19.7 Å². The van der Waals surface area contributed by atoms with E-state index in [4.69, 9.17) is 0 Å². The summed E-state index contributed by atoms with van der Waals surface area (Å²) in [4.78, 5) is 15.4. The van der Waals surface area contributed by atoms with E-state index in [9.17, 15) is 14.6 Å². The number of nitrogens with zero attached hydrogens (tertiary/aromatic N) is 5. The van der Waals surface area contributed by atoms with Gasteiger partial charge in [-0.25, -0.2) is 19.3 Å². The second-order valence-corrected chi connectivity index (χ2v) is 7.45. The zero-order valence-electron chi connectivity index (χ0n) is 15.1. The third-order valence-corrected chi connectivity index (χ3v) is 5.18. The molecule has 1 aromatic carbocycles. The fourth-order valence-corrected chi connectivity index (χ4v) is 3.48. The van der Waals surface area contributed by atoms with Gasteiger partial charge in [0.1, 0.15) is 12.1 Å². The molecular formula is C19H22FN5O2. The quantitative estimate of drug-likeness (QED) is 0.707. The van der Waals surface area contributed by atoms with Gasteiger partial charge in [0.05, 0.1) is 19.5 Å². The van der Waals surface area contributed by atoms with Gasteiger partial charge >= 0.3 is 0 Å². The Bertz CT molecular complexity index is 970. The van der Waals surface area contributed by atoms with Crippen LogP contribution >= 0.6 is 0 Å². The number of anilines is 1. The molecule has 0 fully saturated rings. The zero-order chi connectivity index (χ0) is 19.0. The maximum absolute atomic E-state index is 13.4. The van der Waals surface area contributed by atoms with Gasteiger partial charge in [0, 0.05) is 25.0 Å². The molecule has 4 rings (SSSR count). The number of benzene rings is 1. The van der Waals surface area contributed by atoms with Crippen LogP contribution in [0.15, 0.2) is 30.9 Å². The molecule has 1 aliphatic rings. The maximum atomic E-state index is 13.4. The molecule has 27 heavy (non-hydrogen) atoms. The highest BCUT2D eigenvalue weighted by molar-refractivity contribution is 5.83. The highest BCUT2D eigenvalue weighted by Crippen LogP contribution is 2.29. The first kappa shape index (κ1) is 17.8. The number of aliphatic hydroxyl groups is 2. The van der Waals surface area contributed by atoms with E-state index in [2.05, 4.69) is 19.9 Å². The standard InChI is InChI=1S/C19H22FN5O2/c1-19(9-26,10-27)8-25-12-23-16-17(21-11-22-18(16)25)24-5-4-13-6-15(20)3-2-14(13)7-24/h2-3,6,11-12,26-27H,4-5,7-10H2,1H3. The van der Waals surface area contributed by atoms with Crippen molar-refractivity contribution < 1.29 is 14.6 Å². The summed E-state index contributed by atoms with van der Waals surface area (Å²) in [5.41, 5.74) is 2.80. The van der Waals surface area contributed by atoms with Crippen LogP contribution in [0.4, 0.5) is 10.2 Å². The van der Waals surface area contributed by atoms with Crippen molar-refractivity contribution in [3.8, 4) is 0 Å². The van der Waals surface area contributed by atoms with Crippen LogP contribution in [-0.2, 0) is 19.5 Å². The molecule has 3 aromatic rings. The van der Waals surface area contributed by atoms with Crippen LogP contribution in [0.2, 0.25) is 0 Å². The van der Waals surface area contributed by atoms with Gasteiger partial charge in [0.2, 0.25) is 0 Å². The van der Waals surface area contributed by atoms with E-state index in [1.54, 1.807) is 12.4 Å². The monoisotopic (exact) mass is 371 g/mol. The lowest BCUT2D eigenvalue weighted by molar-refractivity contribution is 0.0562. The van der Waals surface area contributed by atoms with E-state index < -0.39 is 5.41 Å². The van der Waals surface area contributed by atoms with E-state index in [0.717, 1.165) is 29.9 Å². The van der Waals surface area contributed by atoms with Crippen LogP contribution < -0.4 is 4.90 Å². The SMILES string of the molecule is CC(CO)(CO)Cn1cnc2c(N3CCc4cc(F)ccc4C3)ncnc21. The summed E-state index contributed by atoms with van der Waals surface area (Å²) in [5, 5.41) is 19.1. The van der Waals surface area contributed by atoms with Gasteiger partial charge in [0.15, 0.2) is 17.0 Å². The third-order valence-electron chi connectivity index (χ3n) is 5.18. The molecule has 0 saturated carbocycles. The first-order valence-corrected chi connectivity index (χ1v) is 8.93. The number of halogens is 1. The summed E-state index contributed by atoms with van der Waals surface area (Å²) >= 11 is 0. The summed E-state index contributed by atoms with van der Waals surface area (Å²) in [6.07, 6.45) is 3.91. The van der Waals surface area contributed by atoms with Crippen LogP contribution in [0.1, 0.15) is 18.1 Å². The van der Waals surface area contributed by atoms with E-state index in [1.807, 2.05) is 17.6 Å². The Morgan fingerprint density at radius 1 is 1.15 bits per heavy atom. The van der Waals surface area contributed by atoms with Gasteiger partial charge in [-0.15, -0.1) is 0 Å². The molecule has 3 heterocycles. The van der Waals surface area contributed by atoms with Crippen molar-refractivity contribution in [1.29, 1.82) is 0 Å². The van der Waals surface area contributed by atoms with Crippen LogP contribution in [0, 0.1) is 11.2 Å². The van der Waals surface area contributed by atoms with Crippen LogP contribution in [0.3, 0.4) is 0 Å². The zero-order valence-corrected chi connectivity index (χ0v) is 15.1. The molecule has 0 saturated heterocycles. The maximum Gasteiger partial charge on any atom is 0.165 e. The topological polar surface area (TPSA) is 87.3 Å². The normalized spacial score (nSPS) is 14.6. The highest BCUT2D eigenvalue weighted by Gasteiger charge is 2.26. The van der Waals surface area contributed by atoms with Gasteiger partial charge in [0.25, 0.3) is 0 Å². The first-order valence-electron chi connectivity index (χ1n) is 8.93. The lowest BCUT2D eigenvalue weighted by Gasteiger charge is -2.29. The Morgan fingerprint density at radius 3 is 2.74 bits per heavy atom. The number of imidazole rings is 1. The number of hydrogen-bond donors (Lipinski definition) is 2. The van der Waals surface area contributed by atoms with Crippen molar-refractivity contribution in [3.63, 3.8) is 0 Å². The van der Waals surface area contributed by atoms with Crippen molar-refractivity contribution in [2.24, 2.45) is 5.41 Å². The lowest BCUT2D eigenvalue weighted by atomic mass is 9.93. The summed E-state index contributed by atoms with van der Waals surface area (Å²) in [5.74, 6) is 0.532. The Labute approximate surface area is 156 Å². The molecule has 0 amide bonds. The van der Waals surface area contributed by atoms with Crippen molar-refractivity contribution in [1.82, 2.24) is 19.5 Å². The first-order chi connectivity index (χ1) is 13.0.